The second-order valence-electron chi connectivity index (χ2n) is 6.11. The molecule has 2 aliphatic rings. The van der Waals surface area contributed by atoms with Gasteiger partial charge in [-0.05, 0) is 25.0 Å². The Morgan fingerprint density at radius 1 is 1.08 bits per heavy atom. The Morgan fingerprint density at radius 2 is 1.79 bits per heavy atom. The summed E-state index contributed by atoms with van der Waals surface area (Å²) in [5.41, 5.74) is 0.0559. The van der Waals surface area contributed by atoms with Crippen LogP contribution >= 0.6 is 0 Å². The number of carbonyl (C=O) groups excluding carboxylic acids is 3. The number of benzene rings is 1. The number of amides is 3. The first-order valence-corrected chi connectivity index (χ1v) is 8.18. The lowest BCUT2D eigenvalue weighted by atomic mass is 10.2. The topological polar surface area (TPSA) is 69.7 Å². The maximum absolute atomic E-state index is 13.8. The molecule has 128 valence electrons. The molecule has 0 bridgehead atoms. The SMILES string of the molecule is O=C1CCC(C(=O)N2CCCN(C(=O)c3ccccc3F)CC2)N1. The average molecular weight is 333 g/mol. The van der Waals surface area contributed by atoms with Crippen molar-refractivity contribution in [2.24, 2.45) is 0 Å². The highest BCUT2D eigenvalue weighted by Gasteiger charge is 2.32. The van der Waals surface area contributed by atoms with E-state index in [4.69, 9.17) is 0 Å². The van der Waals surface area contributed by atoms with Crippen molar-refractivity contribution in [3.05, 3.63) is 35.6 Å². The number of nitrogens with zero attached hydrogens (tertiary/aromatic N) is 2. The van der Waals surface area contributed by atoms with Crippen LogP contribution in [0.15, 0.2) is 24.3 Å². The highest BCUT2D eigenvalue weighted by atomic mass is 19.1. The Balaban J connectivity index is 1.63. The molecule has 3 rings (SSSR count). The normalized spacial score (nSPS) is 21.4. The van der Waals surface area contributed by atoms with E-state index < -0.39 is 11.9 Å². The summed E-state index contributed by atoms with van der Waals surface area (Å²) in [6.45, 7) is 1.77. The van der Waals surface area contributed by atoms with E-state index in [0.29, 0.717) is 45.4 Å². The van der Waals surface area contributed by atoms with E-state index in [9.17, 15) is 18.8 Å². The van der Waals surface area contributed by atoms with Gasteiger partial charge in [0.05, 0.1) is 5.56 Å². The quantitative estimate of drug-likeness (QED) is 0.869. The summed E-state index contributed by atoms with van der Waals surface area (Å²) >= 11 is 0. The van der Waals surface area contributed by atoms with Gasteiger partial charge in [-0.1, -0.05) is 12.1 Å². The van der Waals surface area contributed by atoms with Crippen LogP contribution in [-0.2, 0) is 9.59 Å². The van der Waals surface area contributed by atoms with Crippen molar-refractivity contribution in [1.29, 1.82) is 0 Å². The summed E-state index contributed by atoms with van der Waals surface area (Å²) in [5.74, 6) is -1.08. The first kappa shape index (κ1) is 16.4. The highest BCUT2D eigenvalue weighted by molar-refractivity contribution is 5.94. The van der Waals surface area contributed by atoms with Gasteiger partial charge in [-0.15, -0.1) is 0 Å². The third-order valence-electron chi connectivity index (χ3n) is 4.49. The van der Waals surface area contributed by atoms with Crippen LogP contribution in [0.25, 0.3) is 0 Å². The predicted molar refractivity (Wildman–Crippen MR) is 84.7 cm³/mol. The monoisotopic (exact) mass is 333 g/mol. The molecular formula is C17H20FN3O3. The summed E-state index contributed by atoms with van der Waals surface area (Å²) in [6, 6.07) is 5.46. The molecule has 1 atom stereocenters. The minimum absolute atomic E-state index is 0.0559. The molecule has 0 saturated carbocycles. The van der Waals surface area contributed by atoms with Crippen LogP contribution in [0.2, 0.25) is 0 Å². The standard InChI is InChI=1S/C17H20FN3O3/c18-13-5-2-1-4-12(13)16(23)20-8-3-9-21(11-10-20)17(24)14-6-7-15(22)19-14/h1-2,4-5,14H,3,6-11H2,(H,19,22). The molecule has 1 aromatic carbocycles. The lowest BCUT2D eigenvalue weighted by Gasteiger charge is -2.24. The maximum Gasteiger partial charge on any atom is 0.256 e. The zero-order valence-corrected chi connectivity index (χ0v) is 13.3. The molecule has 0 spiro atoms. The molecule has 6 nitrogen and oxygen atoms in total. The van der Waals surface area contributed by atoms with Crippen LogP contribution in [0.4, 0.5) is 4.39 Å². The molecule has 0 aliphatic carbocycles. The Kier molecular flexibility index (Phi) is 4.78. The number of halogens is 1. The molecule has 1 unspecified atom stereocenters. The van der Waals surface area contributed by atoms with Crippen molar-refractivity contribution in [1.82, 2.24) is 15.1 Å². The van der Waals surface area contributed by atoms with Crippen LogP contribution in [0.3, 0.4) is 0 Å². The molecule has 0 aromatic heterocycles. The van der Waals surface area contributed by atoms with Gasteiger partial charge in [-0.3, -0.25) is 14.4 Å². The third kappa shape index (κ3) is 3.39. The molecule has 7 heteroatoms. The summed E-state index contributed by atoms with van der Waals surface area (Å²) in [5, 5.41) is 2.68. The third-order valence-corrected chi connectivity index (χ3v) is 4.49. The van der Waals surface area contributed by atoms with E-state index in [0.717, 1.165) is 0 Å². The van der Waals surface area contributed by atoms with Gasteiger partial charge in [0, 0.05) is 32.6 Å². The number of nitrogens with one attached hydrogen (secondary N) is 1. The fourth-order valence-electron chi connectivity index (χ4n) is 3.17. The average Bonchev–Trinajstić information content (AvgIpc) is 2.87. The Hall–Kier alpha value is -2.44. The van der Waals surface area contributed by atoms with Crippen LogP contribution < -0.4 is 5.32 Å². The first-order valence-electron chi connectivity index (χ1n) is 8.18. The van der Waals surface area contributed by atoms with Crippen LogP contribution in [-0.4, -0.2) is 59.7 Å². The Morgan fingerprint density at radius 3 is 2.50 bits per heavy atom. The zero-order chi connectivity index (χ0) is 17.1. The molecule has 2 aliphatic heterocycles. The smallest absolute Gasteiger partial charge is 0.256 e. The van der Waals surface area contributed by atoms with E-state index >= 15 is 0 Å². The van der Waals surface area contributed by atoms with Crippen molar-refractivity contribution in [2.45, 2.75) is 25.3 Å². The number of hydrogen-bond donors (Lipinski definition) is 1. The molecule has 1 N–H and O–H groups in total. The van der Waals surface area contributed by atoms with Crippen molar-refractivity contribution in [3.8, 4) is 0 Å². The van der Waals surface area contributed by atoms with Gasteiger partial charge in [-0.2, -0.15) is 0 Å². The molecular weight excluding hydrogens is 313 g/mol. The summed E-state index contributed by atoms with van der Waals surface area (Å²) in [7, 11) is 0. The van der Waals surface area contributed by atoms with E-state index in [1.807, 2.05) is 0 Å². The van der Waals surface area contributed by atoms with Gasteiger partial charge < -0.3 is 15.1 Å². The summed E-state index contributed by atoms with van der Waals surface area (Å²) < 4.78 is 13.8. The second kappa shape index (κ2) is 6.98. The van der Waals surface area contributed by atoms with Crippen molar-refractivity contribution in [2.75, 3.05) is 26.2 Å². The van der Waals surface area contributed by atoms with Gasteiger partial charge in [0.25, 0.3) is 5.91 Å². The van der Waals surface area contributed by atoms with E-state index in [1.54, 1.807) is 21.9 Å². The predicted octanol–water partition coefficient (Wildman–Crippen LogP) is 0.779. The van der Waals surface area contributed by atoms with E-state index in [1.165, 1.54) is 12.1 Å². The molecule has 2 heterocycles. The molecule has 3 amide bonds. The molecule has 1 aromatic rings. The largest absolute Gasteiger partial charge is 0.344 e. The molecule has 2 fully saturated rings. The zero-order valence-electron chi connectivity index (χ0n) is 13.3. The maximum atomic E-state index is 13.8. The Labute approximate surface area is 139 Å². The lowest BCUT2D eigenvalue weighted by molar-refractivity contribution is -0.134. The van der Waals surface area contributed by atoms with Crippen LogP contribution in [0, 0.1) is 5.82 Å². The second-order valence-corrected chi connectivity index (χ2v) is 6.11. The lowest BCUT2D eigenvalue weighted by Crippen LogP contribution is -2.46. The summed E-state index contributed by atoms with van der Waals surface area (Å²) in [6.07, 6.45) is 1.53. The molecule has 0 radical (unpaired) electrons. The fraction of sp³-hybridized carbons (Fsp3) is 0.471. The minimum atomic E-state index is -0.534. The van der Waals surface area contributed by atoms with Crippen molar-refractivity contribution in [3.63, 3.8) is 0 Å². The van der Waals surface area contributed by atoms with Gasteiger partial charge >= 0.3 is 0 Å². The highest BCUT2D eigenvalue weighted by Crippen LogP contribution is 2.15. The summed E-state index contributed by atoms with van der Waals surface area (Å²) in [4.78, 5) is 39.5. The van der Waals surface area contributed by atoms with Crippen LogP contribution in [0.5, 0.6) is 0 Å². The van der Waals surface area contributed by atoms with E-state index in [-0.39, 0.29) is 23.3 Å². The molecule has 24 heavy (non-hydrogen) atoms. The van der Waals surface area contributed by atoms with Gasteiger partial charge in [0.15, 0.2) is 0 Å². The van der Waals surface area contributed by atoms with Gasteiger partial charge in [0.1, 0.15) is 11.9 Å². The van der Waals surface area contributed by atoms with Crippen LogP contribution in [0.1, 0.15) is 29.6 Å². The number of rotatable bonds is 2. The Bertz CT molecular complexity index is 664. The van der Waals surface area contributed by atoms with E-state index in [2.05, 4.69) is 5.32 Å². The van der Waals surface area contributed by atoms with Gasteiger partial charge in [-0.25, -0.2) is 4.39 Å². The molecule has 2 saturated heterocycles. The fourth-order valence-corrected chi connectivity index (χ4v) is 3.17. The number of carbonyl (C=O) groups is 3. The minimum Gasteiger partial charge on any atom is -0.344 e. The van der Waals surface area contributed by atoms with Crippen molar-refractivity contribution >= 4 is 17.7 Å². The van der Waals surface area contributed by atoms with Crippen molar-refractivity contribution < 1.29 is 18.8 Å². The van der Waals surface area contributed by atoms with Gasteiger partial charge in [0.2, 0.25) is 11.8 Å². The first-order chi connectivity index (χ1) is 11.6. The number of hydrogen-bond acceptors (Lipinski definition) is 3.